The number of ether oxygens (including phenoxy) is 4. The molecule has 0 amide bonds. The Hall–Kier alpha value is -3.13. The van der Waals surface area contributed by atoms with Crippen LogP contribution in [0.1, 0.15) is 72.3 Å². The molecule has 5 rings (SSSR count). The predicted molar refractivity (Wildman–Crippen MR) is 146 cm³/mol. The van der Waals surface area contributed by atoms with Crippen molar-refractivity contribution in [1.82, 2.24) is 0 Å². The average Bonchev–Trinajstić information content (AvgIpc) is 3.60. The lowest BCUT2D eigenvalue weighted by atomic mass is 9.51. The summed E-state index contributed by atoms with van der Waals surface area (Å²) in [6, 6.07) is 1.95. The first kappa shape index (κ1) is 28.4. The van der Waals surface area contributed by atoms with E-state index in [1.165, 1.54) is 7.11 Å². The van der Waals surface area contributed by atoms with E-state index in [9.17, 15) is 14.4 Å². The number of fused-ring (bicyclic) bond motifs is 4. The zero-order valence-corrected chi connectivity index (χ0v) is 24.4. The lowest BCUT2D eigenvalue weighted by molar-refractivity contribution is -0.173. The summed E-state index contributed by atoms with van der Waals surface area (Å²) >= 11 is 0. The summed E-state index contributed by atoms with van der Waals surface area (Å²) in [5, 5.41) is 0. The smallest absolute Gasteiger partial charge is 0.333 e. The predicted octanol–water partition coefficient (Wildman–Crippen LogP) is 5.44. The van der Waals surface area contributed by atoms with Crippen LogP contribution in [-0.4, -0.2) is 48.9 Å². The number of carbonyl (C=O) groups excluding carboxylic acids is 3. The van der Waals surface area contributed by atoms with Crippen molar-refractivity contribution in [2.75, 3.05) is 7.11 Å². The Morgan fingerprint density at radius 3 is 2.58 bits per heavy atom. The van der Waals surface area contributed by atoms with Crippen LogP contribution < -0.4 is 0 Å². The lowest BCUT2D eigenvalue weighted by Gasteiger charge is -2.53. The molecule has 3 fully saturated rings. The molecule has 0 aromatic carbocycles. The Labute approximate surface area is 235 Å². The van der Waals surface area contributed by atoms with Gasteiger partial charge < -0.3 is 23.4 Å². The van der Waals surface area contributed by atoms with E-state index in [4.69, 9.17) is 23.4 Å². The molecule has 0 bridgehead atoms. The minimum absolute atomic E-state index is 0.0212. The molecule has 1 aromatic rings. The molecule has 1 saturated carbocycles. The molecule has 0 spiro atoms. The average molecular weight is 553 g/mol. The number of furan rings is 1. The van der Waals surface area contributed by atoms with E-state index < -0.39 is 58.6 Å². The Kier molecular flexibility index (Phi) is 6.93. The van der Waals surface area contributed by atoms with E-state index in [0.29, 0.717) is 5.57 Å². The third-order valence-electron chi connectivity index (χ3n) is 10.3. The van der Waals surface area contributed by atoms with Crippen LogP contribution in [0.5, 0.6) is 0 Å². The molecule has 40 heavy (non-hydrogen) atoms. The Bertz CT molecular complexity index is 1290. The summed E-state index contributed by atoms with van der Waals surface area (Å²) in [7, 11) is 1.36. The molecule has 0 radical (unpaired) electrons. The molecule has 216 valence electrons. The molecule has 4 aliphatic rings. The van der Waals surface area contributed by atoms with Crippen molar-refractivity contribution in [2.24, 2.45) is 22.7 Å². The Morgan fingerprint density at radius 2 is 1.95 bits per heavy atom. The van der Waals surface area contributed by atoms with Crippen LogP contribution in [-0.2, 0) is 33.3 Å². The first-order valence-electron chi connectivity index (χ1n) is 14.0. The second-order valence-electron chi connectivity index (χ2n) is 12.6. The topological polar surface area (TPSA) is 101 Å². The molecule has 8 unspecified atom stereocenters. The summed E-state index contributed by atoms with van der Waals surface area (Å²) < 4.78 is 29.7. The number of esters is 3. The van der Waals surface area contributed by atoms with Gasteiger partial charge in [0.2, 0.25) is 0 Å². The van der Waals surface area contributed by atoms with Gasteiger partial charge in [-0.05, 0) is 56.9 Å². The van der Waals surface area contributed by atoms with E-state index in [1.54, 1.807) is 32.4 Å². The highest BCUT2D eigenvalue weighted by Gasteiger charge is 2.71. The monoisotopic (exact) mass is 552 g/mol. The molecular weight excluding hydrogens is 512 g/mol. The normalized spacial score (nSPS) is 38.4. The van der Waals surface area contributed by atoms with Gasteiger partial charge in [0.15, 0.2) is 0 Å². The van der Waals surface area contributed by atoms with E-state index in [1.807, 2.05) is 19.9 Å². The second kappa shape index (κ2) is 9.75. The Morgan fingerprint density at radius 1 is 1.23 bits per heavy atom. The van der Waals surface area contributed by atoms with Gasteiger partial charge in [0.05, 0.1) is 38.6 Å². The highest BCUT2D eigenvalue weighted by atomic mass is 16.6. The first-order valence-corrected chi connectivity index (χ1v) is 14.0. The first-order chi connectivity index (χ1) is 18.8. The van der Waals surface area contributed by atoms with Crippen LogP contribution in [0, 0.1) is 22.7 Å². The zero-order chi connectivity index (χ0) is 29.2. The zero-order valence-electron chi connectivity index (χ0n) is 24.4. The van der Waals surface area contributed by atoms with E-state index in [2.05, 4.69) is 26.5 Å². The third-order valence-corrected chi connectivity index (χ3v) is 10.3. The van der Waals surface area contributed by atoms with Crippen LogP contribution in [0.2, 0.25) is 0 Å². The van der Waals surface area contributed by atoms with Gasteiger partial charge in [-0.25, -0.2) is 4.79 Å². The fraction of sp³-hybridized carbons (Fsp3) is 0.594. The summed E-state index contributed by atoms with van der Waals surface area (Å²) in [5.41, 5.74) is 1.04. The molecule has 8 nitrogen and oxygen atoms in total. The number of hydrogen-bond acceptors (Lipinski definition) is 8. The van der Waals surface area contributed by atoms with Crippen molar-refractivity contribution in [2.45, 2.75) is 90.6 Å². The fourth-order valence-electron chi connectivity index (χ4n) is 8.22. The molecule has 2 aliphatic heterocycles. The van der Waals surface area contributed by atoms with Gasteiger partial charge in [-0.15, -0.1) is 0 Å². The number of rotatable bonds is 5. The summed E-state index contributed by atoms with van der Waals surface area (Å²) in [5.74, 6) is -2.01. The number of allylic oxidation sites excluding steroid dienone is 2. The largest absolute Gasteiger partial charge is 0.472 e. The van der Waals surface area contributed by atoms with Crippen molar-refractivity contribution in [3.63, 3.8) is 0 Å². The van der Waals surface area contributed by atoms with Crippen LogP contribution >= 0.6 is 0 Å². The van der Waals surface area contributed by atoms with Crippen LogP contribution in [0.3, 0.4) is 0 Å². The van der Waals surface area contributed by atoms with E-state index in [-0.39, 0.29) is 24.7 Å². The number of hydrogen-bond donors (Lipinski definition) is 0. The standard InChI is InChI=1S/C32H40O8/c1-9-17(2)29(35)39-28-27-26(18(3)20-10-11-21(31(20,28)6)19-12-13-37-16-19)32(7)22(14-24(33)36-8)30(4,5)40-25(34)15-23(32)38-27/h9-10,12-13,16,21-23,26-28H,3,11,14-15H2,1-2,4-8H3. The van der Waals surface area contributed by atoms with Crippen molar-refractivity contribution < 1.29 is 37.7 Å². The molecule has 0 N–H and O–H groups in total. The van der Waals surface area contributed by atoms with Crippen molar-refractivity contribution in [1.29, 1.82) is 0 Å². The minimum atomic E-state index is -0.981. The highest BCUT2D eigenvalue weighted by Crippen LogP contribution is 2.68. The molecule has 8 atom stereocenters. The quantitative estimate of drug-likeness (QED) is 0.270. The van der Waals surface area contributed by atoms with E-state index in [0.717, 1.165) is 23.1 Å². The van der Waals surface area contributed by atoms with Crippen molar-refractivity contribution >= 4 is 17.9 Å². The molecule has 2 saturated heterocycles. The second-order valence-corrected chi connectivity index (χ2v) is 12.6. The molecule has 1 aromatic heterocycles. The molecule has 8 heteroatoms. The maximum atomic E-state index is 13.3. The van der Waals surface area contributed by atoms with Gasteiger partial charge >= 0.3 is 17.9 Å². The molecular formula is C32H40O8. The fourth-order valence-corrected chi connectivity index (χ4v) is 8.22. The number of cyclic esters (lactones) is 1. The van der Waals surface area contributed by atoms with Gasteiger partial charge in [0.1, 0.15) is 17.8 Å². The molecule has 2 aliphatic carbocycles. The van der Waals surface area contributed by atoms with Crippen molar-refractivity contribution in [3.05, 3.63) is 59.6 Å². The Balaban J connectivity index is 1.68. The highest BCUT2D eigenvalue weighted by molar-refractivity contribution is 5.88. The summed E-state index contributed by atoms with van der Waals surface area (Å²) in [6.45, 7) is 16.0. The van der Waals surface area contributed by atoms with Gasteiger partial charge in [0.25, 0.3) is 0 Å². The number of methoxy groups -OCH3 is 1. The van der Waals surface area contributed by atoms with Crippen molar-refractivity contribution in [3.8, 4) is 0 Å². The maximum Gasteiger partial charge on any atom is 0.333 e. The van der Waals surface area contributed by atoms with Crippen LogP contribution in [0.25, 0.3) is 0 Å². The molecule has 3 heterocycles. The SMILES string of the molecule is C=C1C2=CCC(c3ccoc3)C2(C)C(OC(=O)C(C)=CC)C2OC3CC(=O)OC(C)(C)C(CC(=O)OC)C3(C)C12. The van der Waals surface area contributed by atoms with Gasteiger partial charge in [-0.1, -0.05) is 32.6 Å². The van der Waals surface area contributed by atoms with Crippen LogP contribution in [0.15, 0.2) is 58.5 Å². The van der Waals surface area contributed by atoms with Gasteiger partial charge in [-0.2, -0.15) is 0 Å². The van der Waals surface area contributed by atoms with Gasteiger partial charge in [0, 0.05) is 34.2 Å². The summed E-state index contributed by atoms with van der Waals surface area (Å²) in [6.07, 6.45) is 6.24. The maximum absolute atomic E-state index is 13.3. The lowest BCUT2D eigenvalue weighted by Crippen LogP contribution is -2.57. The minimum Gasteiger partial charge on any atom is -0.472 e. The van der Waals surface area contributed by atoms with E-state index >= 15 is 0 Å². The third kappa shape index (κ3) is 4.01. The van der Waals surface area contributed by atoms with Gasteiger partial charge in [-0.3, -0.25) is 9.59 Å². The van der Waals surface area contributed by atoms with Crippen LogP contribution in [0.4, 0.5) is 0 Å². The number of carbonyl (C=O) groups is 3. The summed E-state index contributed by atoms with van der Waals surface area (Å²) in [4.78, 5) is 39.2.